The van der Waals surface area contributed by atoms with Gasteiger partial charge in [0.1, 0.15) is 42.7 Å². The maximum Gasteiger partial charge on any atom is 0.472 e. The Labute approximate surface area is 350 Å². The number of esters is 1. The van der Waals surface area contributed by atoms with E-state index >= 15 is 0 Å². The molecule has 12 nitrogen and oxygen atoms in total. The van der Waals surface area contributed by atoms with Crippen molar-refractivity contribution in [3.63, 3.8) is 0 Å². The van der Waals surface area contributed by atoms with Crippen LogP contribution in [-0.4, -0.2) is 98.9 Å². The lowest BCUT2D eigenvalue weighted by Gasteiger charge is -2.41. The highest BCUT2D eigenvalue weighted by molar-refractivity contribution is 7.47. The first-order valence-corrected chi connectivity index (χ1v) is 24.0. The molecule has 1 aliphatic rings. The lowest BCUT2D eigenvalue weighted by molar-refractivity contribution is -0.220. The molecule has 1 aliphatic carbocycles. The minimum absolute atomic E-state index is 0.0908. The normalized spacial score (nSPS) is 23.1. The highest BCUT2D eigenvalue weighted by atomic mass is 31.2. The molecule has 1 fully saturated rings. The van der Waals surface area contributed by atoms with Crippen molar-refractivity contribution < 1.29 is 58.3 Å². The van der Waals surface area contributed by atoms with Gasteiger partial charge in [0, 0.05) is 13.0 Å². The van der Waals surface area contributed by atoms with Crippen molar-refractivity contribution in [3.05, 3.63) is 48.6 Å². The van der Waals surface area contributed by atoms with Gasteiger partial charge in [0.05, 0.1) is 13.2 Å². The second-order valence-electron chi connectivity index (χ2n) is 15.5. The summed E-state index contributed by atoms with van der Waals surface area (Å²) in [5, 5.41) is 50.1. The molecule has 0 bridgehead atoms. The van der Waals surface area contributed by atoms with Gasteiger partial charge in [-0.15, -0.1) is 0 Å². The summed E-state index contributed by atoms with van der Waals surface area (Å²) in [6.45, 7) is 4.15. The number of hydrogen-bond donors (Lipinski definition) is 6. The summed E-state index contributed by atoms with van der Waals surface area (Å²) in [4.78, 5) is 23.1. The Morgan fingerprint density at radius 1 is 0.552 bits per heavy atom. The number of aliphatic hydroxyl groups excluding tert-OH is 5. The summed E-state index contributed by atoms with van der Waals surface area (Å²) in [6, 6.07) is 0. The molecule has 338 valence electrons. The van der Waals surface area contributed by atoms with E-state index in [4.69, 9.17) is 18.5 Å². The first-order valence-electron chi connectivity index (χ1n) is 22.5. The van der Waals surface area contributed by atoms with Crippen LogP contribution in [0.25, 0.3) is 0 Å². The van der Waals surface area contributed by atoms with Gasteiger partial charge in [-0.05, 0) is 70.6 Å². The zero-order valence-corrected chi connectivity index (χ0v) is 36.7. The molecule has 0 aromatic carbocycles. The third kappa shape index (κ3) is 27.9. The predicted octanol–water partition coefficient (Wildman–Crippen LogP) is 8.86. The number of hydrogen-bond acceptors (Lipinski definition) is 11. The molecule has 0 heterocycles. The third-order valence-electron chi connectivity index (χ3n) is 10.2. The number of aliphatic hydroxyl groups is 5. The van der Waals surface area contributed by atoms with Gasteiger partial charge >= 0.3 is 13.8 Å². The summed E-state index contributed by atoms with van der Waals surface area (Å²) in [5.74, 6) is -0.496. The molecule has 6 unspecified atom stereocenters. The first kappa shape index (κ1) is 54.3. The number of ether oxygens (including phenoxy) is 2. The van der Waals surface area contributed by atoms with E-state index < -0.39 is 63.1 Å². The van der Waals surface area contributed by atoms with Crippen LogP contribution < -0.4 is 0 Å². The quantitative estimate of drug-likeness (QED) is 0.0151. The van der Waals surface area contributed by atoms with Crippen molar-refractivity contribution in [1.82, 2.24) is 0 Å². The molecule has 0 aromatic heterocycles. The number of carbonyl (C=O) groups is 1. The van der Waals surface area contributed by atoms with E-state index in [1.807, 2.05) is 0 Å². The highest BCUT2D eigenvalue weighted by Crippen LogP contribution is 2.47. The van der Waals surface area contributed by atoms with E-state index in [9.17, 15) is 39.8 Å². The Balaban J connectivity index is 2.44. The van der Waals surface area contributed by atoms with Crippen LogP contribution in [0.15, 0.2) is 48.6 Å². The summed E-state index contributed by atoms with van der Waals surface area (Å²) < 4.78 is 34.1. The van der Waals surface area contributed by atoms with Crippen molar-refractivity contribution in [2.45, 2.75) is 211 Å². The molecule has 0 saturated heterocycles. The van der Waals surface area contributed by atoms with E-state index in [-0.39, 0.29) is 13.0 Å². The maximum absolute atomic E-state index is 12.8. The molecule has 58 heavy (non-hydrogen) atoms. The minimum atomic E-state index is -5.02. The zero-order chi connectivity index (χ0) is 42.7. The monoisotopic (exact) mass is 845 g/mol. The summed E-state index contributed by atoms with van der Waals surface area (Å²) in [5.41, 5.74) is 0. The van der Waals surface area contributed by atoms with Crippen LogP contribution in [0.1, 0.15) is 168 Å². The number of unbranched alkanes of at least 4 members (excludes halogenated alkanes) is 17. The maximum atomic E-state index is 12.8. The van der Waals surface area contributed by atoms with E-state index in [1.54, 1.807) is 0 Å². The SMILES string of the molecule is CCCC/C=C\C/C=C\CCCCCCCCOCC(COP(=O)(O)OC1C(O)C(O)C(O)C(O)C1O)OC(=O)CCCCCCC/C=C\C/C=C\CCCCCC. The Kier molecular flexibility index (Phi) is 33.7. The third-order valence-corrected chi connectivity index (χ3v) is 11.2. The zero-order valence-electron chi connectivity index (χ0n) is 35.8. The van der Waals surface area contributed by atoms with Gasteiger partial charge in [-0.2, -0.15) is 0 Å². The molecule has 0 aromatic rings. The van der Waals surface area contributed by atoms with Gasteiger partial charge in [0.15, 0.2) is 0 Å². The highest BCUT2D eigenvalue weighted by Gasteiger charge is 2.51. The van der Waals surface area contributed by atoms with Gasteiger partial charge in [-0.1, -0.05) is 140 Å². The van der Waals surface area contributed by atoms with Crippen LogP contribution >= 0.6 is 7.82 Å². The Hall–Kier alpha value is -1.70. The van der Waals surface area contributed by atoms with E-state index in [1.165, 1.54) is 44.9 Å². The van der Waals surface area contributed by atoms with E-state index in [2.05, 4.69) is 62.5 Å². The molecule has 6 N–H and O–H groups in total. The molecule has 0 spiro atoms. The number of allylic oxidation sites excluding steroid dienone is 8. The Morgan fingerprint density at radius 2 is 0.983 bits per heavy atom. The van der Waals surface area contributed by atoms with Gasteiger partial charge in [0.2, 0.25) is 0 Å². The van der Waals surface area contributed by atoms with Crippen molar-refractivity contribution >= 4 is 13.8 Å². The predicted molar refractivity (Wildman–Crippen MR) is 230 cm³/mol. The fraction of sp³-hybridized carbons (Fsp3) is 0.800. The van der Waals surface area contributed by atoms with Crippen LogP contribution in [0.4, 0.5) is 0 Å². The smallest absolute Gasteiger partial charge is 0.457 e. The molecule has 13 heteroatoms. The summed E-state index contributed by atoms with van der Waals surface area (Å²) >= 11 is 0. The lowest BCUT2D eigenvalue weighted by Crippen LogP contribution is -2.64. The van der Waals surface area contributed by atoms with Crippen LogP contribution in [0.3, 0.4) is 0 Å². The van der Waals surface area contributed by atoms with Gasteiger partial charge in [-0.25, -0.2) is 4.57 Å². The first-order chi connectivity index (χ1) is 28.0. The van der Waals surface area contributed by atoms with E-state index in [0.717, 1.165) is 96.3 Å². The van der Waals surface area contributed by atoms with Crippen LogP contribution in [0, 0.1) is 0 Å². The van der Waals surface area contributed by atoms with Crippen molar-refractivity contribution in [2.75, 3.05) is 19.8 Å². The Morgan fingerprint density at radius 3 is 1.50 bits per heavy atom. The average Bonchev–Trinajstić information content (AvgIpc) is 3.21. The van der Waals surface area contributed by atoms with Crippen LogP contribution in [-0.2, 0) is 27.9 Å². The van der Waals surface area contributed by atoms with Crippen molar-refractivity contribution in [2.24, 2.45) is 0 Å². The van der Waals surface area contributed by atoms with Crippen molar-refractivity contribution in [3.8, 4) is 0 Å². The molecular weight excluding hydrogens is 763 g/mol. The number of phosphoric acid groups is 1. The standard InChI is InChI=1S/C45H81O12P/c1-3-5-7-9-11-13-15-17-19-20-22-24-26-28-30-32-34-39(46)56-38(37-55-58(52,53)57-45-43(50)41(48)40(47)42(49)44(45)51)36-54-35-33-31-29-27-25-23-21-18-16-14-12-10-8-6-4-2/h10,12-13,15-16,18-20,38,40-45,47-51H,3-9,11,14,17,21-37H2,1-2H3,(H,52,53)/b12-10-,15-13-,18-16-,20-19-. The van der Waals surface area contributed by atoms with Crippen LogP contribution in [0.2, 0.25) is 0 Å². The number of phosphoric ester groups is 1. The summed E-state index contributed by atoms with van der Waals surface area (Å²) in [6.07, 6.45) is 30.3. The van der Waals surface area contributed by atoms with Gasteiger partial charge in [0.25, 0.3) is 0 Å². The fourth-order valence-corrected chi connectivity index (χ4v) is 7.49. The molecule has 1 saturated carbocycles. The summed E-state index contributed by atoms with van der Waals surface area (Å²) in [7, 11) is -5.02. The molecule has 0 aliphatic heterocycles. The molecule has 0 radical (unpaired) electrons. The number of rotatable bonds is 37. The topological polar surface area (TPSA) is 192 Å². The molecule has 1 rings (SSSR count). The Bertz CT molecular complexity index is 1140. The second kappa shape index (κ2) is 36.0. The second-order valence-corrected chi connectivity index (χ2v) is 16.9. The average molecular weight is 845 g/mol. The minimum Gasteiger partial charge on any atom is -0.457 e. The number of carbonyl (C=O) groups excluding carboxylic acids is 1. The molecular formula is C45H81O12P. The molecule has 6 atom stereocenters. The molecule has 0 amide bonds. The van der Waals surface area contributed by atoms with Gasteiger partial charge in [-0.3, -0.25) is 13.8 Å². The fourth-order valence-electron chi connectivity index (χ4n) is 6.52. The lowest BCUT2D eigenvalue weighted by atomic mass is 9.85. The largest absolute Gasteiger partial charge is 0.472 e. The van der Waals surface area contributed by atoms with Gasteiger partial charge < -0.3 is 39.9 Å². The van der Waals surface area contributed by atoms with Crippen LogP contribution in [0.5, 0.6) is 0 Å². The van der Waals surface area contributed by atoms with E-state index in [0.29, 0.717) is 13.0 Å². The van der Waals surface area contributed by atoms with Crippen molar-refractivity contribution in [1.29, 1.82) is 0 Å².